The van der Waals surface area contributed by atoms with E-state index in [1.807, 2.05) is 0 Å². The van der Waals surface area contributed by atoms with Crippen LogP contribution in [0.1, 0.15) is 16.8 Å². The van der Waals surface area contributed by atoms with Crippen LogP contribution in [0.25, 0.3) is 0 Å². The van der Waals surface area contributed by atoms with Crippen molar-refractivity contribution in [1.29, 1.82) is 0 Å². The van der Waals surface area contributed by atoms with E-state index in [1.165, 1.54) is 0 Å². The molecule has 0 saturated carbocycles. The molecule has 0 bridgehead atoms. The van der Waals surface area contributed by atoms with Gasteiger partial charge in [-0.1, -0.05) is 0 Å². The summed E-state index contributed by atoms with van der Waals surface area (Å²) in [5.41, 5.74) is 6.88. The van der Waals surface area contributed by atoms with Crippen LogP contribution in [0.15, 0.2) is 6.20 Å². The molecule has 0 fully saturated rings. The molecule has 0 unspecified atom stereocenters. The number of hydrogen-bond acceptors (Lipinski definition) is 4. The van der Waals surface area contributed by atoms with Gasteiger partial charge in [-0.15, -0.1) is 0 Å². The lowest BCUT2D eigenvalue weighted by atomic mass is 10.1. The van der Waals surface area contributed by atoms with E-state index in [2.05, 4.69) is 22.5 Å². The predicted molar refractivity (Wildman–Crippen MR) is 60.2 cm³/mol. The van der Waals surface area contributed by atoms with Crippen molar-refractivity contribution in [2.45, 2.75) is 20.1 Å². The Kier molecular flexibility index (Phi) is 3.81. The molecule has 0 atom stereocenters. The maximum absolute atomic E-state index is 9.63. The highest BCUT2D eigenvalue weighted by Crippen LogP contribution is 2.23. The second kappa shape index (κ2) is 4.90. The predicted octanol–water partition coefficient (Wildman–Crippen LogP) is -0.0789. The molecule has 1 heterocycles. The molecule has 0 aliphatic rings. The Hall–Kier alpha value is -1.40. The molecule has 0 aromatic carbocycles. The largest absolute Gasteiger partial charge is 0.506 e. The summed E-state index contributed by atoms with van der Waals surface area (Å²) in [5, 5.41) is 21.6. The van der Waals surface area contributed by atoms with Gasteiger partial charge >= 0.3 is 0 Å². The lowest BCUT2D eigenvalue weighted by molar-refractivity contribution is 0.273. The van der Waals surface area contributed by atoms with Gasteiger partial charge < -0.3 is 21.3 Å². The van der Waals surface area contributed by atoms with Gasteiger partial charge in [0.2, 0.25) is 0 Å². The Bertz CT molecular complexity index is 382. The van der Waals surface area contributed by atoms with Crippen molar-refractivity contribution in [3.8, 4) is 5.75 Å². The van der Waals surface area contributed by atoms with Gasteiger partial charge in [-0.3, -0.25) is 4.98 Å². The van der Waals surface area contributed by atoms with Crippen LogP contribution in [0.4, 0.5) is 0 Å². The standard InChI is InChI=1S/C9H13N3O2S/c1-5-8(14)7(4-13)6(2-11-5)3-12-9(10)15/h2,13-14H,3-4H2,1H3,(H3,10,12,15). The van der Waals surface area contributed by atoms with Crippen molar-refractivity contribution >= 4 is 17.3 Å². The number of aliphatic hydroxyl groups excluding tert-OH is 1. The monoisotopic (exact) mass is 227 g/mol. The van der Waals surface area contributed by atoms with E-state index in [4.69, 9.17) is 10.8 Å². The van der Waals surface area contributed by atoms with E-state index in [0.717, 1.165) is 0 Å². The van der Waals surface area contributed by atoms with Crippen LogP contribution in [-0.2, 0) is 13.2 Å². The number of nitrogens with zero attached hydrogens (tertiary/aromatic N) is 1. The summed E-state index contributed by atoms with van der Waals surface area (Å²) in [4.78, 5) is 3.98. The van der Waals surface area contributed by atoms with Crippen LogP contribution >= 0.6 is 12.2 Å². The third-order valence-corrected chi connectivity index (χ3v) is 2.19. The number of aryl methyl sites for hydroxylation is 1. The number of aromatic nitrogens is 1. The Morgan fingerprint density at radius 2 is 2.33 bits per heavy atom. The second-order valence-corrected chi connectivity index (χ2v) is 3.51. The minimum atomic E-state index is -0.246. The van der Waals surface area contributed by atoms with Crippen LogP contribution in [0, 0.1) is 6.92 Å². The lowest BCUT2D eigenvalue weighted by Crippen LogP contribution is -2.28. The van der Waals surface area contributed by atoms with E-state index < -0.39 is 0 Å². The van der Waals surface area contributed by atoms with E-state index in [9.17, 15) is 5.11 Å². The van der Waals surface area contributed by atoms with Gasteiger partial charge in [0.15, 0.2) is 5.11 Å². The first kappa shape index (κ1) is 11.7. The molecule has 5 nitrogen and oxygen atoms in total. The third kappa shape index (κ3) is 2.77. The molecule has 0 aliphatic carbocycles. The number of pyridine rings is 1. The first-order valence-electron chi connectivity index (χ1n) is 4.36. The topological polar surface area (TPSA) is 91.4 Å². The van der Waals surface area contributed by atoms with E-state index in [1.54, 1.807) is 13.1 Å². The van der Waals surface area contributed by atoms with Crippen LogP contribution in [0.3, 0.4) is 0 Å². The maximum Gasteiger partial charge on any atom is 0.163 e. The van der Waals surface area contributed by atoms with Gasteiger partial charge in [0, 0.05) is 18.3 Å². The highest BCUT2D eigenvalue weighted by Gasteiger charge is 2.10. The summed E-state index contributed by atoms with van der Waals surface area (Å²) in [6, 6.07) is 0. The molecule has 15 heavy (non-hydrogen) atoms. The Labute approximate surface area is 92.9 Å². The van der Waals surface area contributed by atoms with Gasteiger partial charge in [0.1, 0.15) is 5.75 Å². The molecular formula is C9H13N3O2S. The summed E-state index contributed by atoms with van der Waals surface area (Å²) < 4.78 is 0. The number of aromatic hydroxyl groups is 1. The maximum atomic E-state index is 9.63. The van der Waals surface area contributed by atoms with Crippen molar-refractivity contribution in [3.05, 3.63) is 23.0 Å². The number of thiocarbonyl (C=S) groups is 1. The zero-order chi connectivity index (χ0) is 11.4. The normalized spacial score (nSPS) is 10.0. The van der Waals surface area contributed by atoms with Gasteiger partial charge in [-0.25, -0.2) is 0 Å². The summed E-state index contributed by atoms with van der Waals surface area (Å²) >= 11 is 4.65. The molecule has 0 aliphatic heterocycles. The number of nitrogens with two attached hydrogens (primary N) is 1. The fraction of sp³-hybridized carbons (Fsp3) is 0.333. The molecule has 1 aromatic rings. The summed E-state index contributed by atoms with van der Waals surface area (Å²) in [6.45, 7) is 1.76. The molecule has 0 spiro atoms. The molecule has 82 valence electrons. The van der Waals surface area contributed by atoms with Gasteiger partial charge in [-0.05, 0) is 24.7 Å². The number of rotatable bonds is 3. The zero-order valence-corrected chi connectivity index (χ0v) is 9.14. The first-order valence-corrected chi connectivity index (χ1v) is 4.77. The van der Waals surface area contributed by atoms with Gasteiger partial charge in [-0.2, -0.15) is 0 Å². The fourth-order valence-electron chi connectivity index (χ4n) is 1.20. The van der Waals surface area contributed by atoms with Gasteiger partial charge in [0.25, 0.3) is 0 Å². The average Bonchev–Trinajstić information content (AvgIpc) is 2.19. The molecule has 1 rings (SSSR count). The quantitative estimate of drug-likeness (QED) is 0.540. The Morgan fingerprint density at radius 1 is 1.67 bits per heavy atom. The molecule has 0 saturated heterocycles. The molecule has 5 N–H and O–H groups in total. The SMILES string of the molecule is Cc1ncc(CNC(N)=S)c(CO)c1O. The smallest absolute Gasteiger partial charge is 0.163 e. The summed E-state index contributed by atoms with van der Waals surface area (Å²) in [7, 11) is 0. The van der Waals surface area contributed by atoms with Crippen molar-refractivity contribution in [2.75, 3.05) is 0 Å². The fourth-order valence-corrected chi connectivity index (χ4v) is 1.27. The second-order valence-electron chi connectivity index (χ2n) is 3.07. The zero-order valence-electron chi connectivity index (χ0n) is 8.32. The molecule has 0 radical (unpaired) electrons. The van der Waals surface area contributed by atoms with Crippen LogP contribution in [-0.4, -0.2) is 20.3 Å². The first-order chi connectivity index (χ1) is 7.06. The van der Waals surface area contributed by atoms with Crippen molar-refractivity contribution in [2.24, 2.45) is 5.73 Å². The van der Waals surface area contributed by atoms with Crippen LogP contribution < -0.4 is 11.1 Å². The highest BCUT2D eigenvalue weighted by atomic mass is 32.1. The van der Waals surface area contributed by atoms with Crippen LogP contribution in [0.5, 0.6) is 5.75 Å². The van der Waals surface area contributed by atoms with Crippen molar-refractivity contribution < 1.29 is 10.2 Å². The third-order valence-electron chi connectivity index (χ3n) is 2.04. The average molecular weight is 227 g/mol. The summed E-state index contributed by atoms with van der Waals surface area (Å²) in [5.74, 6) is 0.0136. The lowest BCUT2D eigenvalue weighted by Gasteiger charge is -2.11. The molecule has 6 heteroatoms. The summed E-state index contributed by atoms with van der Waals surface area (Å²) in [6.07, 6.45) is 1.58. The van der Waals surface area contributed by atoms with E-state index >= 15 is 0 Å². The van der Waals surface area contributed by atoms with E-state index in [-0.39, 0.29) is 17.5 Å². The molecule has 1 aromatic heterocycles. The number of aliphatic hydroxyl groups is 1. The minimum absolute atomic E-state index is 0.0136. The van der Waals surface area contributed by atoms with Crippen LogP contribution in [0.2, 0.25) is 0 Å². The molecule has 0 amide bonds. The Morgan fingerprint density at radius 3 is 2.87 bits per heavy atom. The molecular weight excluding hydrogens is 214 g/mol. The van der Waals surface area contributed by atoms with Crippen molar-refractivity contribution in [1.82, 2.24) is 10.3 Å². The van der Waals surface area contributed by atoms with Gasteiger partial charge in [0.05, 0.1) is 12.3 Å². The Balaban J connectivity index is 2.97. The number of nitrogens with one attached hydrogen (secondary N) is 1. The van der Waals surface area contributed by atoms with Crippen molar-refractivity contribution in [3.63, 3.8) is 0 Å². The number of hydrogen-bond donors (Lipinski definition) is 4. The van der Waals surface area contributed by atoms with E-state index in [0.29, 0.717) is 23.4 Å². The minimum Gasteiger partial charge on any atom is -0.506 e. The highest BCUT2D eigenvalue weighted by molar-refractivity contribution is 7.80.